The molecule has 0 aromatic carbocycles. The molecule has 0 bridgehead atoms. The SMILES string of the molecule is C=C([C-]1CCC(C)C1)N(C)C.[Li+]. The molecular weight excluding hydrogens is 141 g/mol. The van der Waals surface area contributed by atoms with Crippen LogP contribution in [0.4, 0.5) is 0 Å². The normalized spacial score (nSPS) is 21.9. The molecule has 1 aliphatic carbocycles. The van der Waals surface area contributed by atoms with Gasteiger partial charge in [0.05, 0.1) is 0 Å². The fourth-order valence-corrected chi connectivity index (χ4v) is 1.62. The second-order valence-electron chi connectivity index (χ2n) is 3.79. The van der Waals surface area contributed by atoms with Gasteiger partial charge in [-0.05, 0) is 0 Å². The first-order valence-corrected chi connectivity index (χ1v) is 4.32. The van der Waals surface area contributed by atoms with Crippen LogP contribution in [0, 0.1) is 11.8 Å². The van der Waals surface area contributed by atoms with Gasteiger partial charge in [-0.2, -0.15) is 5.92 Å². The Kier molecular flexibility index (Phi) is 4.90. The zero-order valence-electron chi connectivity index (χ0n) is 8.85. The molecule has 0 aromatic heterocycles. The molecule has 64 valence electrons. The third-order valence-electron chi connectivity index (χ3n) is 2.48. The van der Waals surface area contributed by atoms with Gasteiger partial charge in [-0.25, -0.2) is 6.58 Å². The van der Waals surface area contributed by atoms with Gasteiger partial charge in [-0.1, -0.05) is 32.1 Å². The molecule has 1 atom stereocenters. The van der Waals surface area contributed by atoms with Crippen molar-refractivity contribution < 1.29 is 18.9 Å². The van der Waals surface area contributed by atoms with E-state index in [1.807, 2.05) is 0 Å². The van der Waals surface area contributed by atoms with Crippen LogP contribution in [0.25, 0.3) is 0 Å². The molecule has 1 fully saturated rings. The van der Waals surface area contributed by atoms with Crippen LogP contribution >= 0.6 is 0 Å². The fraction of sp³-hybridized carbons (Fsp3) is 0.700. The summed E-state index contributed by atoms with van der Waals surface area (Å²) < 4.78 is 0. The number of allylic oxidation sites excluding steroid dienone is 1. The minimum absolute atomic E-state index is 0. The number of nitrogens with zero attached hydrogens (tertiary/aromatic N) is 1. The van der Waals surface area contributed by atoms with Crippen LogP contribution in [0.2, 0.25) is 0 Å². The monoisotopic (exact) mass is 159 g/mol. The van der Waals surface area contributed by atoms with Crippen molar-refractivity contribution in [2.24, 2.45) is 5.92 Å². The van der Waals surface area contributed by atoms with Crippen molar-refractivity contribution in [1.82, 2.24) is 4.90 Å². The Bertz CT molecular complexity index is 154. The molecule has 1 nitrogen and oxygen atoms in total. The van der Waals surface area contributed by atoms with Gasteiger partial charge in [0.2, 0.25) is 0 Å². The summed E-state index contributed by atoms with van der Waals surface area (Å²) in [5.74, 6) is 2.43. The zero-order chi connectivity index (χ0) is 8.43. The topological polar surface area (TPSA) is 3.24 Å². The molecular formula is C10H18LiN. The van der Waals surface area contributed by atoms with Gasteiger partial charge >= 0.3 is 18.9 Å². The fourth-order valence-electron chi connectivity index (χ4n) is 1.62. The van der Waals surface area contributed by atoms with Crippen molar-refractivity contribution in [3.05, 3.63) is 18.2 Å². The molecule has 0 radical (unpaired) electrons. The van der Waals surface area contributed by atoms with Gasteiger partial charge < -0.3 is 4.90 Å². The third-order valence-corrected chi connectivity index (χ3v) is 2.48. The van der Waals surface area contributed by atoms with Gasteiger partial charge in [-0.3, -0.25) is 0 Å². The van der Waals surface area contributed by atoms with E-state index in [9.17, 15) is 0 Å². The Hall–Kier alpha value is 0.00740. The van der Waals surface area contributed by atoms with E-state index in [0.717, 1.165) is 5.92 Å². The molecule has 1 aliphatic rings. The second-order valence-corrected chi connectivity index (χ2v) is 3.79. The standard InChI is InChI=1S/C10H18N.Li/c1-8-5-6-10(7-8)9(2)11(3)4;/h8H,2,5-7H2,1,3-4H3;/q-1;+1. The first kappa shape index (κ1) is 12.0. The molecule has 1 rings (SSSR count). The maximum Gasteiger partial charge on any atom is 1.00 e. The second kappa shape index (κ2) is 4.89. The smallest absolute Gasteiger partial charge is 0.411 e. The van der Waals surface area contributed by atoms with Crippen LogP contribution in [0.1, 0.15) is 26.2 Å². The predicted molar refractivity (Wildman–Crippen MR) is 49.1 cm³/mol. The van der Waals surface area contributed by atoms with Crippen LogP contribution in [0.15, 0.2) is 12.3 Å². The van der Waals surface area contributed by atoms with Crippen molar-refractivity contribution >= 4 is 0 Å². The van der Waals surface area contributed by atoms with Crippen LogP contribution < -0.4 is 18.9 Å². The summed E-state index contributed by atoms with van der Waals surface area (Å²) in [6.07, 6.45) is 3.87. The van der Waals surface area contributed by atoms with Gasteiger partial charge in [0.25, 0.3) is 0 Å². The van der Waals surface area contributed by atoms with Crippen LogP contribution in [-0.4, -0.2) is 19.0 Å². The Morgan fingerprint density at radius 3 is 2.42 bits per heavy atom. The molecule has 0 aliphatic heterocycles. The summed E-state index contributed by atoms with van der Waals surface area (Å²) in [6, 6.07) is 0. The predicted octanol–water partition coefficient (Wildman–Crippen LogP) is -0.540. The number of hydrogen-bond donors (Lipinski definition) is 0. The van der Waals surface area contributed by atoms with E-state index in [1.165, 1.54) is 25.0 Å². The molecule has 0 amide bonds. The van der Waals surface area contributed by atoms with Crippen molar-refractivity contribution in [3.63, 3.8) is 0 Å². The molecule has 2 heteroatoms. The first-order chi connectivity index (χ1) is 5.11. The zero-order valence-corrected chi connectivity index (χ0v) is 8.85. The van der Waals surface area contributed by atoms with Gasteiger partial charge in [-0.15, -0.1) is 5.70 Å². The molecule has 1 saturated carbocycles. The summed E-state index contributed by atoms with van der Waals surface area (Å²) in [4.78, 5) is 2.12. The van der Waals surface area contributed by atoms with E-state index in [4.69, 9.17) is 0 Å². The van der Waals surface area contributed by atoms with Crippen LogP contribution in [0.5, 0.6) is 0 Å². The molecule has 0 spiro atoms. The van der Waals surface area contributed by atoms with E-state index in [2.05, 4.69) is 32.5 Å². The largest absolute Gasteiger partial charge is 1.00 e. The Morgan fingerprint density at radius 2 is 2.08 bits per heavy atom. The van der Waals surface area contributed by atoms with E-state index in [1.54, 1.807) is 5.92 Å². The molecule has 1 unspecified atom stereocenters. The summed E-state index contributed by atoms with van der Waals surface area (Å²) >= 11 is 0. The molecule has 12 heavy (non-hydrogen) atoms. The molecule has 0 aromatic rings. The van der Waals surface area contributed by atoms with E-state index < -0.39 is 0 Å². The third kappa shape index (κ3) is 2.81. The summed E-state index contributed by atoms with van der Waals surface area (Å²) in [6.45, 7) is 6.37. The maximum absolute atomic E-state index is 4.06. The summed E-state index contributed by atoms with van der Waals surface area (Å²) in [7, 11) is 4.14. The molecule has 0 N–H and O–H groups in total. The quantitative estimate of drug-likeness (QED) is 0.386. The van der Waals surface area contributed by atoms with Crippen molar-refractivity contribution in [1.29, 1.82) is 0 Å². The van der Waals surface area contributed by atoms with E-state index >= 15 is 0 Å². The Morgan fingerprint density at radius 1 is 1.50 bits per heavy atom. The minimum atomic E-state index is 0. The van der Waals surface area contributed by atoms with Gasteiger partial charge in [0.15, 0.2) is 0 Å². The van der Waals surface area contributed by atoms with Crippen molar-refractivity contribution in [2.45, 2.75) is 26.2 Å². The number of hydrogen-bond acceptors (Lipinski definition) is 1. The van der Waals surface area contributed by atoms with E-state index in [-0.39, 0.29) is 18.9 Å². The Balaban J connectivity index is 0.00000121. The molecule has 0 heterocycles. The molecule has 0 saturated heterocycles. The first-order valence-electron chi connectivity index (χ1n) is 4.32. The maximum atomic E-state index is 4.06. The van der Waals surface area contributed by atoms with Gasteiger partial charge in [0.1, 0.15) is 0 Å². The minimum Gasteiger partial charge on any atom is -0.411 e. The van der Waals surface area contributed by atoms with Gasteiger partial charge in [0, 0.05) is 14.1 Å². The summed E-state index contributed by atoms with van der Waals surface area (Å²) in [5, 5.41) is 0. The van der Waals surface area contributed by atoms with Crippen molar-refractivity contribution in [2.75, 3.05) is 14.1 Å². The summed E-state index contributed by atoms with van der Waals surface area (Å²) in [5.41, 5.74) is 1.23. The van der Waals surface area contributed by atoms with E-state index in [0.29, 0.717) is 0 Å². The van der Waals surface area contributed by atoms with Crippen LogP contribution in [-0.2, 0) is 0 Å². The number of rotatable bonds is 2. The van der Waals surface area contributed by atoms with Crippen LogP contribution in [0.3, 0.4) is 0 Å². The van der Waals surface area contributed by atoms with Crippen molar-refractivity contribution in [3.8, 4) is 0 Å². The average Bonchev–Trinajstić information content (AvgIpc) is 2.34. The Labute approximate surface area is 88.4 Å². The average molecular weight is 159 g/mol.